The van der Waals surface area contributed by atoms with Crippen LogP contribution in [-0.2, 0) is 46.5 Å². The first-order chi connectivity index (χ1) is 18.2. The highest BCUT2D eigenvalue weighted by molar-refractivity contribution is 5.95. The molecular formula is C27H32O11. The second-order valence-corrected chi connectivity index (χ2v) is 8.87. The number of hydrogen-bond donors (Lipinski definition) is 4. The van der Waals surface area contributed by atoms with E-state index in [1.54, 1.807) is 60.7 Å². The predicted molar refractivity (Wildman–Crippen MR) is 130 cm³/mol. The predicted octanol–water partition coefficient (Wildman–Crippen LogP) is 0.254. The summed E-state index contributed by atoms with van der Waals surface area (Å²) in [4.78, 5) is 38.4. The highest BCUT2D eigenvalue weighted by atomic mass is 16.7. The number of aliphatic hydroxyl groups excluding tert-OH is 4. The number of carbonyl (C=O) groups is 3. The highest BCUT2D eigenvalue weighted by Crippen LogP contribution is 2.25. The van der Waals surface area contributed by atoms with Gasteiger partial charge in [-0.2, -0.15) is 0 Å². The Kier molecular flexibility index (Phi) is 10.9. The number of esters is 2. The van der Waals surface area contributed by atoms with E-state index in [9.17, 15) is 34.8 Å². The lowest BCUT2D eigenvalue weighted by molar-refractivity contribution is -0.301. The van der Waals surface area contributed by atoms with Crippen molar-refractivity contribution in [3.63, 3.8) is 0 Å². The van der Waals surface area contributed by atoms with Crippen LogP contribution in [0.5, 0.6) is 0 Å². The van der Waals surface area contributed by atoms with E-state index in [2.05, 4.69) is 0 Å². The maximum absolute atomic E-state index is 12.8. The molecule has 0 amide bonds. The maximum atomic E-state index is 12.8. The second kappa shape index (κ2) is 14.1. The molecule has 1 saturated heterocycles. The molecule has 0 aromatic heterocycles. The van der Waals surface area contributed by atoms with Crippen molar-refractivity contribution in [3.05, 3.63) is 71.8 Å². The van der Waals surface area contributed by atoms with Crippen LogP contribution < -0.4 is 0 Å². The first-order valence-corrected chi connectivity index (χ1v) is 12.1. The van der Waals surface area contributed by atoms with Gasteiger partial charge in [0.15, 0.2) is 18.0 Å². The van der Waals surface area contributed by atoms with E-state index in [4.69, 9.17) is 18.9 Å². The number of ketones is 1. The second-order valence-electron chi connectivity index (χ2n) is 8.87. The molecule has 2 aromatic carbocycles. The molecule has 38 heavy (non-hydrogen) atoms. The lowest BCUT2D eigenvalue weighted by Crippen LogP contribution is -2.62. The molecule has 1 heterocycles. The van der Waals surface area contributed by atoms with Crippen molar-refractivity contribution >= 4 is 17.7 Å². The van der Waals surface area contributed by atoms with Gasteiger partial charge in [-0.15, -0.1) is 0 Å². The van der Waals surface area contributed by atoms with Crippen molar-refractivity contribution in [2.24, 2.45) is 5.92 Å². The third-order valence-electron chi connectivity index (χ3n) is 6.18. The normalized spacial score (nSPS) is 24.0. The summed E-state index contributed by atoms with van der Waals surface area (Å²) >= 11 is 0. The third-order valence-corrected chi connectivity index (χ3v) is 6.18. The molecule has 4 N–H and O–H groups in total. The molecule has 3 rings (SSSR count). The lowest BCUT2D eigenvalue weighted by Gasteiger charge is -2.41. The number of ether oxygens (including phenoxy) is 4. The summed E-state index contributed by atoms with van der Waals surface area (Å²) in [7, 11) is 1.18. The molecule has 0 bridgehead atoms. The van der Waals surface area contributed by atoms with Crippen molar-refractivity contribution in [3.8, 4) is 0 Å². The van der Waals surface area contributed by atoms with Crippen molar-refractivity contribution in [2.45, 2.75) is 62.9 Å². The van der Waals surface area contributed by atoms with Gasteiger partial charge in [0.25, 0.3) is 0 Å². The van der Waals surface area contributed by atoms with Crippen LogP contribution in [0.25, 0.3) is 0 Å². The Morgan fingerprint density at radius 3 is 1.79 bits per heavy atom. The quantitative estimate of drug-likeness (QED) is 0.218. The van der Waals surface area contributed by atoms with Gasteiger partial charge in [0, 0.05) is 13.5 Å². The van der Waals surface area contributed by atoms with Crippen LogP contribution in [0.3, 0.4) is 0 Å². The molecule has 11 nitrogen and oxygen atoms in total. The zero-order valence-electron chi connectivity index (χ0n) is 20.8. The summed E-state index contributed by atoms with van der Waals surface area (Å²) in [5.74, 6) is -4.14. The number of hydrogen-bond acceptors (Lipinski definition) is 11. The van der Waals surface area contributed by atoms with Gasteiger partial charge < -0.3 is 39.4 Å². The minimum atomic E-state index is -1.94. The number of carbonyl (C=O) groups excluding carboxylic acids is 3. The molecule has 206 valence electrons. The number of rotatable bonds is 12. The summed E-state index contributed by atoms with van der Waals surface area (Å²) in [6, 6.07) is 17.6. The average molecular weight is 533 g/mol. The fourth-order valence-electron chi connectivity index (χ4n) is 3.94. The number of methoxy groups -OCH3 is 1. The molecule has 2 aromatic rings. The molecule has 11 heteroatoms. The van der Waals surface area contributed by atoms with Gasteiger partial charge in [-0.1, -0.05) is 60.7 Å². The smallest absolute Gasteiger partial charge is 0.320 e. The monoisotopic (exact) mass is 532 g/mol. The van der Waals surface area contributed by atoms with Crippen LogP contribution in [0.1, 0.15) is 24.0 Å². The van der Waals surface area contributed by atoms with E-state index in [0.29, 0.717) is 11.1 Å². The van der Waals surface area contributed by atoms with E-state index in [-0.39, 0.29) is 19.6 Å². The van der Waals surface area contributed by atoms with E-state index in [0.717, 1.165) is 0 Å². The molecule has 1 fully saturated rings. The van der Waals surface area contributed by atoms with Gasteiger partial charge >= 0.3 is 11.9 Å². The Labute approximate surface area is 219 Å². The summed E-state index contributed by atoms with van der Waals surface area (Å²) < 4.78 is 20.7. The largest absolute Gasteiger partial charge is 0.460 e. The number of benzene rings is 2. The molecule has 6 atom stereocenters. The van der Waals surface area contributed by atoms with Crippen LogP contribution >= 0.6 is 0 Å². The Bertz CT molecular complexity index is 988. The topological polar surface area (TPSA) is 169 Å². The van der Waals surface area contributed by atoms with Crippen molar-refractivity contribution < 1.29 is 53.8 Å². The summed E-state index contributed by atoms with van der Waals surface area (Å²) in [6.07, 6.45) is -10.9. The van der Waals surface area contributed by atoms with Gasteiger partial charge in [-0.25, -0.2) is 0 Å². The summed E-state index contributed by atoms with van der Waals surface area (Å²) in [5, 5.41) is 40.6. The third kappa shape index (κ3) is 7.67. The molecule has 0 saturated carbocycles. The van der Waals surface area contributed by atoms with Gasteiger partial charge in [0.05, 0.1) is 0 Å². The zero-order chi connectivity index (χ0) is 27.7. The first kappa shape index (κ1) is 29.4. The Hall–Kier alpha value is -3.19. The average Bonchev–Trinajstić information content (AvgIpc) is 2.94. The molecule has 0 spiro atoms. The van der Waals surface area contributed by atoms with Crippen LogP contribution in [0.2, 0.25) is 0 Å². The summed E-state index contributed by atoms with van der Waals surface area (Å²) in [6.45, 7) is -0.196. The number of aliphatic hydroxyl groups is 4. The van der Waals surface area contributed by atoms with Crippen molar-refractivity contribution in [1.29, 1.82) is 0 Å². The summed E-state index contributed by atoms with van der Waals surface area (Å²) in [5.41, 5.74) is 1.39. The van der Waals surface area contributed by atoms with Crippen LogP contribution in [0.15, 0.2) is 60.7 Å². The molecule has 0 aliphatic carbocycles. The van der Waals surface area contributed by atoms with Crippen molar-refractivity contribution in [1.82, 2.24) is 0 Å². The Balaban J connectivity index is 1.65. The number of Topliss-reactive ketones (excluding diaryl/α,β-unsaturated/α-hetero) is 1. The minimum Gasteiger partial charge on any atom is -0.460 e. The zero-order valence-corrected chi connectivity index (χ0v) is 20.8. The first-order valence-electron chi connectivity index (χ1n) is 12.1. The highest BCUT2D eigenvalue weighted by Gasteiger charge is 2.48. The van der Waals surface area contributed by atoms with E-state index >= 15 is 0 Å². The Morgan fingerprint density at radius 2 is 1.32 bits per heavy atom. The van der Waals surface area contributed by atoms with Gasteiger partial charge in [0.1, 0.15) is 43.7 Å². The fourth-order valence-corrected chi connectivity index (χ4v) is 3.94. The van der Waals surface area contributed by atoms with Gasteiger partial charge in [0.2, 0.25) is 0 Å². The lowest BCUT2D eigenvalue weighted by atomic mass is 9.91. The van der Waals surface area contributed by atoms with Crippen LogP contribution in [0.4, 0.5) is 0 Å². The molecular weight excluding hydrogens is 500 g/mol. The standard InChI is InChI=1S/C27H32O11/c1-35-27-23(32)21(30)22(31)24(38-27)20(29)19(28)13-12-18(25(33)36-14-16-8-4-2-5-9-16)26(34)37-15-17-10-6-3-7-11-17/h2-11,18,20-24,27,29-32H,12-15H2,1H3/t20?,21-,22-,23-,24+,27-/m0/s1. The SMILES string of the molecule is CO[C@H]1O[C@H](C(O)C(=O)CCC(C(=O)OCc2ccccc2)C(=O)OCc2ccccc2)[C@@H](O)[C@H](O)[C@@H]1O. The molecule has 1 aliphatic rings. The van der Waals surface area contributed by atoms with E-state index < -0.39 is 66.9 Å². The van der Waals surface area contributed by atoms with Crippen molar-refractivity contribution in [2.75, 3.05) is 7.11 Å². The molecule has 1 aliphatic heterocycles. The van der Waals surface area contributed by atoms with Crippen LogP contribution in [-0.4, -0.2) is 82.1 Å². The van der Waals surface area contributed by atoms with Gasteiger partial charge in [-0.3, -0.25) is 14.4 Å². The molecule has 0 radical (unpaired) electrons. The van der Waals surface area contributed by atoms with E-state index in [1.165, 1.54) is 7.11 Å². The van der Waals surface area contributed by atoms with Gasteiger partial charge in [-0.05, 0) is 17.5 Å². The molecule has 1 unspecified atom stereocenters. The fraction of sp³-hybridized carbons (Fsp3) is 0.444. The maximum Gasteiger partial charge on any atom is 0.320 e. The minimum absolute atomic E-state index is 0.0978. The Morgan fingerprint density at radius 1 is 0.816 bits per heavy atom. The van der Waals surface area contributed by atoms with E-state index in [1.807, 2.05) is 0 Å². The van der Waals surface area contributed by atoms with Crippen LogP contribution in [0, 0.1) is 5.92 Å².